The number of benzene rings is 1. The first-order chi connectivity index (χ1) is 16.7. The van der Waals surface area contributed by atoms with Crippen LogP contribution in [0.3, 0.4) is 0 Å². The molecule has 1 saturated carbocycles. The van der Waals surface area contributed by atoms with Crippen LogP contribution in [0.2, 0.25) is 5.15 Å². The molecule has 5 aromatic rings. The highest BCUT2D eigenvalue weighted by Gasteiger charge is 2.42. The van der Waals surface area contributed by atoms with Crippen LogP contribution in [0.1, 0.15) is 29.4 Å². The topological polar surface area (TPSA) is 114 Å². The smallest absolute Gasteiger partial charge is 0.313 e. The lowest BCUT2D eigenvalue weighted by molar-refractivity contribution is -0.141. The number of hydrogen-bond acceptors (Lipinski definition) is 5. The molecule has 0 radical (unpaired) electrons. The van der Waals surface area contributed by atoms with E-state index in [-0.39, 0.29) is 22.6 Å². The average molecular weight is 502 g/mol. The summed E-state index contributed by atoms with van der Waals surface area (Å²) in [6.07, 6.45) is 0.500. The summed E-state index contributed by atoms with van der Waals surface area (Å²) in [6, 6.07) is 7.12. The van der Waals surface area contributed by atoms with E-state index < -0.39 is 24.0 Å². The number of rotatable bonds is 4. The van der Waals surface area contributed by atoms with E-state index in [9.17, 15) is 22.8 Å². The van der Waals surface area contributed by atoms with Gasteiger partial charge in [-0.15, -0.1) is 0 Å². The molecule has 1 fully saturated rings. The Hall–Kier alpha value is -3.93. The SMILES string of the molecule is O=c1[nH]cc(-c2cc([C@@H]3C[C@H]3c3ccc4cnn(CC(F)(F)F)c4c3)c3ncc(Cl)n3n2)c(=O)[nH]1. The molecule has 6 rings (SSSR count). The third kappa shape index (κ3) is 3.79. The fraction of sp³-hybridized carbons (Fsp3) is 0.227. The van der Waals surface area contributed by atoms with Crippen LogP contribution in [-0.2, 0) is 6.54 Å². The lowest BCUT2D eigenvalue weighted by Gasteiger charge is -2.09. The summed E-state index contributed by atoms with van der Waals surface area (Å²) in [5.74, 6) is 0.00743. The van der Waals surface area contributed by atoms with E-state index in [0.29, 0.717) is 22.2 Å². The molecule has 4 heterocycles. The van der Waals surface area contributed by atoms with Crippen molar-refractivity contribution in [1.82, 2.24) is 34.3 Å². The fourth-order valence-electron chi connectivity index (χ4n) is 4.49. The predicted molar refractivity (Wildman–Crippen MR) is 121 cm³/mol. The van der Waals surface area contributed by atoms with E-state index in [0.717, 1.165) is 22.2 Å². The van der Waals surface area contributed by atoms with Crippen LogP contribution in [0.15, 0.2) is 52.4 Å². The van der Waals surface area contributed by atoms with Gasteiger partial charge in [-0.3, -0.25) is 14.5 Å². The zero-order valence-electron chi connectivity index (χ0n) is 17.7. The first-order valence-electron chi connectivity index (χ1n) is 10.6. The minimum Gasteiger partial charge on any atom is -0.313 e. The van der Waals surface area contributed by atoms with Gasteiger partial charge in [-0.2, -0.15) is 23.4 Å². The summed E-state index contributed by atoms with van der Waals surface area (Å²) in [4.78, 5) is 32.7. The van der Waals surface area contributed by atoms with Crippen molar-refractivity contribution in [1.29, 1.82) is 0 Å². The van der Waals surface area contributed by atoms with Gasteiger partial charge in [0.05, 0.1) is 29.2 Å². The Bertz CT molecular complexity index is 1730. The van der Waals surface area contributed by atoms with Crippen molar-refractivity contribution in [3.05, 3.63) is 80.0 Å². The predicted octanol–water partition coefficient (Wildman–Crippen LogP) is 3.61. The molecule has 2 atom stereocenters. The van der Waals surface area contributed by atoms with Crippen molar-refractivity contribution in [3.63, 3.8) is 0 Å². The molecular formula is C22H15ClF3N7O2. The maximum Gasteiger partial charge on any atom is 0.408 e. The minimum atomic E-state index is -4.38. The maximum absolute atomic E-state index is 12.9. The number of alkyl halides is 3. The molecule has 0 spiro atoms. The summed E-state index contributed by atoms with van der Waals surface area (Å²) in [5.41, 5.74) is 1.83. The molecule has 0 aliphatic heterocycles. The van der Waals surface area contributed by atoms with Gasteiger partial charge in [-0.1, -0.05) is 23.7 Å². The standard InChI is InChI=1S/C22H15ClF3N7O2/c23-18-8-27-19-14(5-16(31-33(18)19)15-7-28-21(35)30-20(15)34)13-4-12(13)10-1-2-11-6-29-32(17(11)3-10)9-22(24,25)26/h1-3,5-8,12-13H,4,9H2,(H2,28,30,34,35)/t12-,13+/m0/s1. The largest absolute Gasteiger partial charge is 0.408 e. The van der Waals surface area contributed by atoms with Crippen molar-refractivity contribution >= 4 is 28.2 Å². The zero-order valence-corrected chi connectivity index (χ0v) is 18.4. The maximum atomic E-state index is 12.9. The fourth-order valence-corrected chi connectivity index (χ4v) is 4.66. The van der Waals surface area contributed by atoms with E-state index in [2.05, 4.69) is 25.1 Å². The Balaban J connectivity index is 1.41. The highest BCUT2D eigenvalue weighted by molar-refractivity contribution is 6.29. The molecule has 2 N–H and O–H groups in total. The van der Waals surface area contributed by atoms with Crippen molar-refractivity contribution in [3.8, 4) is 11.3 Å². The Labute approximate surface area is 198 Å². The number of hydrogen-bond donors (Lipinski definition) is 2. The quantitative estimate of drug-likeness (QED) is 0.390. The molecule has 0 amide bonds. The van der Waals surface area contributed by atoms with E-state index in [4.69, 9.17) is 11.6 Å². The number of H-pyrrole nitrogens is 2. The Kier molecular flexibility index (Phi) is 4.65. The van der Waals surface area contributed by atoms with Gasteiger partial charge in [-0.25, -0.2) is 14.3 Å². The second-order valence-electron chi connectivity index (χ2n) is 8.47. The summed E-state index contributed by atoms with van der Waals surface area (Å²) in [5, 5.41) is 9.17. The zero-order chi connectivity index (χ0) is 24.5. The van der Waals surface area contributed by atoms with Crippen molar-refractivity contribution < 1.29 is 13.2 Å². The van der Waals surface area contributed by atoms with E-state index in [1.165, 1.54) is 23.1 Å². The molecule has 4 aromatic heterocycles. The van der Waals surface area contributed by atoms with Crippen molar-refractivity contribution in [2.24, 2.45) is 0 Å². The summed E-state index contributed by atoms with van der Waals surface area (Å²) < 4.78 is 41.2. The second kappa shape index (κ2) is 7.54. The molecule has 0 unspecified atom stereocenters. The molecule has 1 aliphatic carbocycles. The van der Waals surface area contributed by atoms with Crippen LogP contribution in [0.25, 0.3) is 27.8 Å². The lowest BCUT2D eigenvalue weighted by Crippen LogP contribution is -2.23. The molecule has 178 valence electrons. The van der Waals surface area contributed by atoms with Crippen LogP contribution in [0.5, 0.6) is 0 Å². The van der Waals surface area contributed by atoms with Gasteiger partial charge in [-0.05, 0) is 36.0 Å². The molecule has 1 aliphatic rings. The Morgan fingerprint density at radius 3 is 2.74 bits per heavy atom. The average Bonchev–Trinajstić information content (AvgIpc) is 3.38. The first kappa shape index (κ1) is 21.6. The molecule has 13 heteroatoms. The van der Waals surface area contributed by atoms with Crippen molar-refractivity contribution in [2.45, 2.75) is 31.0 Å². The molecule has 1 aromatic carbocycles. The van der Waals surface area contributed by atoms with E-state index in [1.54, 1.807) is 18.2 Å². The van der Waals surface area contributed by atoms with Gasteiger partial charge < -0.3 is 4.98 Å². The van der Waals surface area contributed by atoms with E-state index in [1.807, 2.05) is 6.07 Å². The van der Waals surface area contributed by atoms with Gasteiger partial charge in [0.1, 0.15) is 6.54 Å². The van der Waals surface area contributed by atoms with Crippen LogP contribution in [0.4, 0.5) is 13.2 Å². The molecule has 35 heavy (non-hydrogen) atoms. The minimum absolute atomic E-state index is 0.0176. The number of imidazole rings is 1. The number of aromatic nitrogens is 7. The third-order valence-corrected chi connectivity index (χ3v) is 6.42. The van der Waals surface area contributed by atoms with Crippen LogP contribution in [0, 0.1) is 0 Å². The third-order valence-electron chi connectivity index (χ3n) is 6.17. The highest BCUT2D eigenvalue weighted by atomic mass is 35.5. The van der Waals surface area contributed by atoms with Gasteiger partial charge in [0.2, 0.25) is 0 Å². The van der Waals surface area contributed by atoms with Crippen LogP contribution >= 0.6 is 11.6 Å². The number of nitrogens with one attached hydrogen (secondary N) is 2. The van der Waals surface area contributed by atoms with Gasteiger partial charge in [0.15, 0.2) is 10.8 Å². The number of halogens is 4. The number of nitrogens with zero attached hydrogens (tertiary/aromatic N) is 5. The lowest BCUT2D eigenvalue weighted by atomic mass is 10.0. The van der Waals surface area contributed by atoms with Crippen LogP contribution < -0.4 is 11.2 Å². The monoisotopic (exact) mass is 501 g/mol. The first-order valence-corrected chi connectivity index (χ1v) is 10.9. The number of fused-ring (bicyclic) bond motifs is 2. The molecule has 0 bridgehead atoms. The highest BCUT2D eigenvalue weighted by Crippen LogP contribution is 2.56. The normalized spacial score (nSPS) is 17.9. The summed E-state index contributed by atoms with van der Waals surface area (Å²) >= 11 is 6.26. The second-order valence-corrected chi connectivity index (χ2v) is 8.86. The van der Waals surface area contributed by atoms with Gasteiger partial charge in [0, 0.05) is 17.1 Å². The summed E-state index contributed by atoms with van der Waals surface area (Å²) in [7, 11) is 0. The van der Waals surface area contributed by atoms with Gasteiger partial charge in [0.25, 0.3) is 5.56 Å². The number of aromatic amines is 2. The Morgan fingerprint density at radius 2 is 1.97 bits per heavy atom. The summed E-state index contributed by atoms with van der Waals surface area (Å²) in [6.45, 7) is -1.16. The molecule has 9 nitrogen and oxygen atoms in total. The van der Waals surface area contributed by atoms with Crippen molar-refractivity contribution in [2.75, 3.05) is 0 Å². The Morgan fingerprint density at radius 1 is 1.14 bits per heavy atom. The molecule has 0 saturated heterocycles. The van der Waals surface area contributed by atoms with Crippen LogP contribution in [-0.4, -0.2) is 40.5 Å². The van der Waals surface area contributed by atoms with E-state index >= 15 is 0 Å². The van der Waals surface area contributed by atoms with Gasteiger partial charge >= 0.3 is 11.9 Å². The molecular weight excluding hydrogens is 487 g/mol.